The Morgan fingerprint density at radius 2 is 1.67 bits per heavy atom. The van der Waals surface area contributed by atoms with E-state index in [9.17, 15) is 9.59 Å². The van der Waals surface area contributed by atoms with Crippen molar-refractivity contribution in [3.63, 3.8) is 0 Å². The molecule has 1 aliphatic heterocycles. The molecule has 2 saturated carbocycles. The summed E-state index contributed by atoms with van der Waals surface area (Å²) in [6, 6.07) is 9.81. The van der Waals surface area contributed by atoms with Crippen LogP contribution >= 0.6 is 0 Å². The van der Waals surface area contributed by atoms with Gasteiger partial charge in [0, 0.05) is 25.2 Å². The summed E-state index contributed by atoms with van der Waals surface area (Å²) < 4.78 is 11.0. The minimum Gasteiger partial charge on any atom is -0.455 e. The predicted octanol–water partition coefficient (Wildman–Crippen LogP) is 2.80. The molecule has 30 heavy (non-hydrogen) atoms. The largest absolute Gasteiger partial charge is 0.455 e. The third-order valence-corrected chi connectivity index (χ3v) is 7.34. The fourth-order valence-electron chi connectivity index (χ4n) is 5.33. The summed E-state index contributed by atoms with van der Waals surface area (Å²) in [6.07, 6.45) is 8.45. The van der Waals surface area contributed by atoms with Crippen LogP contribution in [0.15, 0.2) is 30.3 Å². The molecule has 0 aromatic heterocycles. The maximum Gasteiger partial charge on any atom is 0.317 e. The number of nitrogens with one attached hydrogen (secondary N) is 1. The second-order valence-corrected chi connectivity index (χ2v) is 9.04. The van der Waals surface area contributed by atoms with Gasteiger partial charge in [-0.1, -0.05) is 56.0 Å². The first-order valence-corrected chi connectivity index (χ1v) is 11.5. The SMILES string of the molecule is O=C(COC(=O)C1(c2ccccc2)CCC1)NCC1(N2CCOCC2)CCCCC1. The van der Waals surface area contributed by atoms with E-state index in [2.05, 4.69) is 10.2 Å². The number of amides is 1. The van der Waals surface area contributed by atoms with Gasteiger partial charge in [-0.05, 0) is 31.2 Å². The Labute approximate surface area is 179 Å². The zero-order valence-electron chi connectivity index (χ0n) is 17.9. The van der Waals surface area contributed by atoms with E-state index >= 15 is 0 Å². The molecule has 164 valence electrons. The number of esters is 1. The molecule has 1 saturated heterocycles. The van der Waals surface area contributed by atoms with E-state index in [-0.39, 0.29) is 24.0 Å². The maximum absolute atomic E-state index is 12.8. The standard InChI is InChI=1S/C24H34N2O4/c27-21(18-30-22(28)24(12-7-13-24)20-8-3-1-4-9-20)25-19-23(10-5-2-6-11-23)26-14-16-29-17-15-26/h1,3-4,8-9H,2,5-7,10-19H2,(H,25,27). The zero-order chi connectivity index (χ0) is 20.9. The molecule has 1 aromatic carbocycles. The number of carbonyl (C=O) groups excluding carboxylic acids is 2. The van der Waals surface area contributed by atoms with Crippen molar-refractivity contribution in [1.29, 1.82) is 0 Å². The first-order chi connectivity index (χ1) is 14.6. The fourth-order valence-corrected chi connectivity index (χ4v) is 5.33. The lowest BCUT2D eigenvalue weighted by molar-refractivity contribution is -0.158. The van der Waals surface area contributed by atoms with Crippen molar-refractivity contribution in [3.8, 4) is 0 Å². The average molecular weight is 415 g/mol. The van der Waals surface area contributed by atoms with Gasteiger partial charge >= 0.3 is 5.97 Å². The van der Waals surface area contributed by atoms with E-state index in [1.54, 1.807) is 0 Å². The molecule has 0 bridgehead atoms. The number of rotatable bonds is 7. The first kappa shape index (κ1) is 21.3. The summed E-state index contributed by atoms with van der Waals surface area (Å²) in [4.78, 5) is 27.9. The summed E-state index contributed by atoms with van der Waals surface area (Å²) in [5.74, 6) is -0.472. The highest BCUT2D eigenvalue weighted by Crippen LogP contribution is 2.44. The Morgan fingerprint density at radius 1 is 0.967 bits per heavy atom. The topological polar surface area (TPSA) is 67.9 Å². The number of morpholine rings is 1. The Balaban J connectivity index is 1.31. The lowest BCUT2D eigenvalue weighted by Gasteiger charge is -2.48. The summed E-state index contributed by atoms with van der Waals surface area (Å²) in [6.45, 7) is 3.78. The molecule has 0 spiro atoms. The number of hydrogen-bond donors (Lipinski definition) is 1. The van der Waals surface area contributed by atoms with Crippen LogP contribution < -0.4 is 5.32 Å². The van der Waals surface area contributed by atoms with Gasteiger partial charge in [0.05, 0.1) is 18.6 Å². The molecule has 6 heteroatoms. The highest BCUT2D eigenvalue weighted by atomic mass is 16.5. The van der Waals surface area contributed by atoms with Gasteiger partial charge in [0.1, 0.15) is 0 Å². The molecule has 6 nitrogen and oxygen atoms in total. The highest BCUT2D eigenvalue weighted by Gasteiger charge is 2.47. The molecule has 0 atom stereocenters. The van der Waals surface area contributed by atoms with Crippen molar-refractivity contribution in [2.45, 2.75) is 62.3 Å². The molecular weight excluding hydrogens is 380 g/mol. The van der Waals surface area contributed by atoms with Crippen LogP contribution in [0.1, 0.15) is 56.9 Å². The summed E-state index contributed by atoms with van der Waals surface area (Å²) in [5.41, 5.74) is 0.441. The van der Waals surface area contributed by atoms with Crippen LogP contribution in [-0.2, 0) is 24.5 Å². The second kappa shape index (κ2) is 9.48. The van der Waals surface area contributed by atoms with Crippen molar-refractivity contribution < 1.29 is 19.1 Å². The van der Waals surface area contributed by atoms with Crippen LogP contribution in [0.25, 0.3) is 0 Å². The van der Waals surface area contributed by atoms with Crippen LogP contribution in [0.2, 0.25) is 0 Å². The first-order valence-electron chi connectivity index (χ1n) is 11.5. The average Bonchev–Trinajstić information content (AvgIpc) is 2.77. The maximum atomic E-state index is 12.8. The van der Waals surface area contributed by atoms with Gasteiger partial charge in [0.25, 0.3) is 5.91 Å². The molecule has 3 aliphatic rings. The third-order valence-electron chi connectivity index (χ3n) is 7.34. The predicted molar refractivity (Wildman–Crippen MR) is 114 cm³/mol. The molecule has 4 rings (SSSR count). The van der Waals surface area contributed by atoms with E-state index in [0.717, 1.165) is 64.0 Å². The molecular formula is C24H34N2O4. The smallest absolute Gasteiger partial charge is 0.317 e. The van der Waals surface area contributed by atoms with Gasteiger partial charge < -0.3 is 14.8 Å². The van der Waals surface area contributed by atoms with E-state index < -0.39 is 5.41 Å². The number of carbonyl (C=O) groups is 2. The molecule has 0 unspecified atom stereocenters. The van der Waals surface area contributed by atoms with E-state index in [0.29, 0.717) is 6.54 Å². The van der Waals surface area contributed by atoms with Crippen molar-refractivity contribution in [3.05, 3.63) is 35.9 Å². The van der Waals surface area contributed by atoms with Gasteiger partial charge in [-0.2, -0.15) is 0 Å². The normalized spacial score (nSPS) is 23.2. The summed E-state index contributed by atoms with van der Waals surface area (Å²) in [5, 5.41) is 3.07. The molecule has 1 amide bonds. The Hall–Kier alpha value is -1.92. The molecule has 1 N–H and O–H groups in total. The summed E-state index contributed by atoms with van der Waals surface area (Å²) >= 11 is 0. The fraction of sp³-hybridized carbons (Fsp3) is 0.667. The third kappa shape index (κ3) is 4.40. The highest BCUT2D eigenvalue weighted by molar-refractivity contribution is 5.87. The van der Waals surface area contributed by atoms with E-state index in [4.69, 9.17) is 9.47 Å². The van der Waals surface area contributed by atoms with Crippen molar-refractivity contribution >= 4 is 11.9 Å². The molecule has 2 aliphatic carbocycles. The van der Waals surface area contributed by atoms with Gasteiger partial charge in [-0.15, -0.1) is 0 Å². The Morgan fingerprint density at radius 3 is 2.30 bits per heavy atom. The Bertz CT molecular complexity index is 720. The number of ether oxygens (including phenoxy) is 2. The lowest BCUT2D eigenvalue weighted by atomic mass is 9.64. The van der Waals surface area contributed by atoms with Crippen LogP contribution in [0.3, 0.4) is 0 Å². The van der Waals surface area contributed by atoms with Gasteiger partial charge in [0.2, 0.25) is 0 Å². The van der Waals surface area contributed by atoms with Crippen LogP contribution in [0.4, 0.5) is 0 Å². The number of benzene rings is 1. The van der Waals surface area contributed by atoms with Gasteiger partial charge in [0.15, 0.2) is 6.61 Å². The van der Waals surface area contributed by atoms with E-state index in [1.807, 2.05) is 30.3 Å². The molecule has 0 radical (unpaired) electrons. The van der Waals surface area contributed by atoms with E-state index in [1.165, 1.54) is 19.3 Å². The van der Waals surface area contributed by atoms with Crippen molar-refractivity contribution in [2.24, 2.45) is 0 Å². The second-order valence-electron chi connectivity index (χ2n) is 9.04. The van der Waals surface area contributed by atoms with Gasteiger partial charge in [-0.3, -0.25) is 14.5 Å². The lowest BCUT2D eigenvalue weighted by Crippen LogP contribution is -2.60. The monoisotopic (exact) mass is 414 g/mol. The minimum absolute atomic E-state index is 0.0148. The molecule has 1 heterocycles. The Kier molecular flexibility index (Phi) is 6.74. The van der Waals surface area contributed by atoms with Crippen molar-refractivity contribution in [2.75, 3.05) is 39.5 Å². The zero-order valence-corrected chi connectivity index (χ0v) is 17.9. The van der Waals surface area contributed by atoms with Crippen LogP contribution in [0.5, 0.6) is 0 Å². The van der Waals surface area contributed by atoms with Crippen LogP contribution in [0, 0.1) is 0 Å². The number of nitrogens with zero attached hydrogens (tertiary/aromatic N) is 1. The summed E-state index contributed by atoms with van der Waals surface area (Å²) in [7, 11) is 0. The number of hydrogen-bond acceptors (Lipinski definition) is 5. The molecule has 1 aromatic rings. The van der Waals surface area contributed by atoms with Crippen molar-refractivity contribution in [1.82, 2.24) is 10.2 Å². The molecule has 3 fully saturated rings. The minimum atomic E-state index is -0.570. The van der Waals surface area contributed by atoms with Gasteiger partial charge in [-0.25, -0.2) is 0 Å². The van der Waals surface area contributed by atoms with Crippen LogP contribution in [-0.4, -0.2) is 61.8 Å². The quantitative estimate of drug-likeness (QED) is 0.695.